The second-order valence-corrected chi connectivity index (χ2v) is 5.24. The van der Waals surface area contributed by atoms with Crippen molar-refractivity contribution in [1.29, 1.82) is 0 Å². The molecule has 1 amide bonds. The summed E-state index contributed by atoms with van der Waals surface area (Å²) in [5.41, 5.74) is 1.61. The Kier molecular flexibility index (Phi) is 4.59. The van der Waals surface area contributed by atoms with E-state index in [0.29, 0.717) is 0 Å². The van der Waals surface area contributed by atoms with Crippen molar-refractivity contribution >= 4 is 11.8 Å². The number of amides is 1. The number of hydrogen-bond acceptors (Lipinski definition) is 3. The molecule has 4 heteroatoms. The van der Waals surface area contributed by atoms with E-state index in [4.69, 9.17) is 4.74 Å². The topological polar surface area (TPSA) is 50.4 Å². The fraction of sp³-hybridized carbons (Fsp3) is 0.500. The van der Waals surface area contributed by atoms with Gasteiger partial charge in [0, 0.05) is 12.7 Å². The molecule has 0 bridgehead atoms. The van der Waals surface area contributed by atoms with Gasteiger partial charge in [-0.15, -0.1) is 0 Å². The van der Waals surface area contributed by atoms with Gasteiger partial charge in [-0.2, -0.15) is 0 Å². The Bertz CT molecular complexity index is 393. The Morgan fingerprint density at radius 3 is 2.22 bits per heavy atom. The van der Waals surface area contributed by atoms with E-state index in [0.717, 1.165) is 11.3 Å². The van der Waals surface area contributed by atoms with Gasteiger partial charge in [0.1, 0.15) is 5.60 Å². The van der Waals surface area contributed by atoms with Gasteiger partial charge in [0.15, 0.2) is 0 Å². The fourth-order valence-electron chi connectivity index (χ4n) is 1.51. The SMILES string of the molecule is CNc1ccc(C(C)NC(=O)OC(C)(C)C)cc1. The number of hydrogen-bond donors (Lipinski definition) is 2. The van der Waals surface area contributed by atoms with Crippen LogP contribution in [0.3, 0.4) is 0 Å². The Labute approximate surface area is 109 Å². The monoisotopic (exact) mass is 250 g/mol. The van der Waals surface area contributed by atoms with Crippen LogP contribution in [0, 0.1) is 0 Å². The van der Waals surface area contributed by atoms with Crippen LogP contribution in [0.4, 0.5) is 10.5 Å². The standard InChI is InChI=1S/C14H22N2O2/c1-10(16-13(17)18-14(2,3)4)11-6-8-12(15-5)9-7-11/h6-10,15H,1-5H3,(H,16,17). The van der Waals surface area contributed by atoms with E-state index in [-0.39, 0.29) is 6.04 Å². The van der Waals surface area contributed by atoms with Gasteiger partial charge >= 0.3 is 6.09 Å². The molecule has 0 saturated heterocycles. The van der Waals surface area contributed by atoms with Crippen molar-refractivity contribution in [3.8, 4) is 0 Å². The van der Waals surface area contributed by atoms with Crippen molar-refractivity contribution in [2.45, 2.75) is 39.3 Å². The Morgan fingerprint density at radius 1 is 1.22 bits per heavy atom. The minimum atomic E-state index is -0.472. The molecule has 0 saturated carbocycles. The molecule has 0 fully saturated rings. The molecule has 0 aliphatic rings. The molecule has 1 aromatic rings. The summed E-state index contributed by atoms with van der Waals surface area (Å²) in [6, 6.07) is 7.83. The Balaban J connectivity index is 2.59. The van der Waals surface area contributed by atoms with Gasteiger partial charge in [0.25, 0.3) is 0 Å². The lowest BCUT2D eigenvalue weighted by molar-refractivity contribution is 0.0508. The van der Waals surface area contributed by atoms with Gasteiger partial charge in [-0.05, 0) is 45.4 Å². The number of carbonyl (C=O) groups is 1. The number of nitrogens with one attached hydrogen (secondary N) is 2. The number of rotatable bonds is 3. The highest BCUT2D eigenvalue weighted by Gasteiger charge is 2.18. The van der Waals surface area contributed by atoms with Crippen LogP contribution in [0.5, 0.6) is 0 Å². The van der Waals surface area contributed by atoms with Crippen LogP contribution in [-0.4, -0.2) is 18.7 Å². The van der Waals surface area contributed by atoms with E-state index in [2.05, 4.69) is 10.6 Å². The third-order valence-electron chi connectivity index (χ3n) is 2.43. The molecule has 1 aromatic carbocycles. The average molecular weight is 250 g/mol. The summed E-state index contributed by atoms with van der Waals surface area (Å²) in [7, 11) is 1.87. The molecule has 0 heterocycles. The van der Waals surface area contributed by atoms with E-state index < -0.39 is 11.7 Å². The maximum absolute atomic E-state index is 11.6. The number of carbonyl (C=O) groups excluding carboxylic acids is 1. The molecule has 2 N–H and O–H groups in total. The van der Waals surface area contributed by atoms with E-state index >= 15 is 0 Å². The highest BCUT2D eigenvalue weighted by atomic mass is 16.6. The quantitative estimate of drug-likeness (QED) is 0.865. The number of ether oxygens (including phenoxy) is 1. The lowest BCUT2D eigenvalue weighted by atomic mass is 10.1. The summed E-state index contributed by atoms with van der Waals surface area (Å²) in [6.07, 6.45) is -0.396. The first-order valence-corrected chi connectivity index (χ1v) is 6.09. The zero-order valence-corrected chi connectivity index (χ0v) is 11.7. The van der Waals surface area contributed by atoms with Gasteiger partial charge in [0.2, 0.25) is 0 Å². The summed E-state index contributed by atoms with van der Waals surface area (Å²) < 4.78 is 5.21. The number of alkyl carbamates (subject to hydrolysis) is 1. The highest BCUT2D eigenvalue weighted by Crippen LogP contribution is 2.16. The summed E-state index contributed by atoms with van der Waals surface area (Å²) in [5.74, 6) is 0. The Hall–Kier alpha value is -1.71. The van der Waals surface area contributed by atoms with Crippen molar-refractivity contribution < 1.29 is 9.53 Å². The molecule has 4 nitrogen and oxygen atoms in total. The first kappa shape index (κ1) is 14.4. The highest BCUT2D eigenvalue weighted by molar-refractivity contribution is 5.68. The molecule has 0 aliphatic carbocycles. The molecule has 0 aliphatic heterocycles. The van der Waals surface area contributed by atoms with E-state index in [1.54, 1.807) is 0 Å². The molecular weight excluding hydrogens is 228 g/mol. The van der Waals surface area contributed by atoms with Gasteiger partial charge in [-0.1, -0.05) is 12.1 Å². The van der Waals surface area contributed by atoms with Crippen LogP contribution in [0.15, 0.2) is 24.3 Å². The van der Waals surface area contributed by atoms with Gasteiger partial charge in [0.05, 0.1) is 6.04 Å². The molecule has 1 atom stereocenters. The van der Waals surface area contributed by atoms with Crippen LogP contribution in [0.1, 0.15) is 39.3 Å². The maximum atomic E-state index is 11.6. The van der Waals surface area contributed by atoms with Gasteiger partial charge in [-0.25, -0.2) is 4.79 Å². The molecule has 0 aromatic heterocycles. The van der Waals surface area contributed by atoms with Crippen molar-refractivity contribution in [2.24, 2.45) is 0 Å². The first-order chi connectivity index (χ1) is 8.31. The summed E-state index contributed by atoms with van der Waals surface area (Å²) >= 11 is 0. The van der Waals surface area contributed by atoms with Crippen molar-refractivity contribution in [3.05, 3.63) is 29.8 Å². The molecule has 100 valence electrons. The van der Waals surface area contributed by atoms with E-state index in [1.807, 2.05) is 59.0 Å². The molecule has 1 rings (SSSR count). The molecule has 1 unspecified atom stereocenters. The lowest BCUT2D eigenvalue weighted by Crippen LogP contribution is -2.34. The molecule has 0 spiro atoms. The predicted molar refractivity (Wildman–Crippen MR) is 73.8 cm³/mol. The third kappa shape index (κ3) is 4.65. The van der Waals surface area contributed by atoms with E-state index in [1.165, 1.54) is 0 Å². The summed E-state index contributed by atoms with van der Waals surface area (Å²) in [5, 5.41) is 5.86. The maximum Gasteiger partial charge on any atom is 0.408 e. The van der Waals surface area contributed by atoms with Crippen LogP contribution >= 0.6 is 0 Å². The van der Waals surface area contributed by atoms with Crippen LogP contribution in [0.2, 0.25) is 0 Å². The minimum absolute atomic E-state index is 0.0780. The summed E-state index contributed by atoms with van der Waals surface area (Å²) in [4.78, 5) is 11.6. The third-order valence-corrected chi connectivity index (χ3v) is 2.43. The number of benzene rings is 1. The van der Waals surface area contributed by atoms with Crippen LogP contribution in [-0.2, 0) is 4.74 Å². The van der Waals surface area contributed by atoms with Gasteiger partial charge in [-0.3, -0.25) is 0 Å². The van der Waals surface area contributed by atoms with Crippen molar-refractivity contribution in [3.63, 3.8) is 0 Å². The van der Waals surface area contributed by atoms with Crippen LogP contribution < -0.4 is 10.6 Å². The molecular formula is C14H22N2O2. The van der Waals surface area contributed by atoms with Crippen LogP contribution in [0.25, 0.3) is 0 Å². The largest absolute Gasteiger partial charge is 0.444 e. The smallest absolute Gasteiger partial charge is 0.408 e. The zero-order chi connectivity index (χ0) is 13.8. The normalized spacial score (nSPS) is 12.7. The first-order valence-electron chi connectivity index (χ1n) is 6.09. The predicted octanol–water partition coefficient (Wildman–Crippen LogP) is 3.31. The molecule has 18 heavy (non-hydrogen) atoms. The molecule has 0 radical (unpaired) electrons. The minimum Gasteiger partial charge on any atom is -0.444 e. The van der Waals surface area contributed by atoms with Crippen molar-refractivity contribution in [2.75, 3.05) is 12.4 Å². The summed E-state index contributed by atoms with van der Waals surface area (Å²) in [6.45, 7) is 7.47. The van der Waals surface area contributed by atoms with Crippen molar-refractivity contribution in [1.82, 2.24) is 5.32 Å². The number of anilines is 1. The second kappa shape index (κ2) is 5.76. The fourth-order valence-corrected chi connectivity index (χ4v) is 1.51. The second-order valence-electron chi connectivity index (χ2n) is 5.24. The zero-order valence-electron chi connectivity index (χ0n) is 11.7. The lowest BCUT2D eigenvalue weighted by Gasteiger charge is -2.22. The van der Waals surface area contributed by atoms with Gasteiger partial charge < -0.3 is 15.4 Å². The van der Waals surface area contributed by atoms with E-state index in [9.17, 15) is 4.79 Å². The average Bonchev–Trinajstić information content (AvgIpc) is 2.26. The Morgan fingerprint density at radius 2 is 1.78 bits per heavy atom.